The van der Waals surface area contributed by atoms with Crippen molar-refractivity contribution >= 4 is 10.8 Å². The number of nitrogens with one attached hydrogen (secondary N) is 1. The summed E-state index contributed by atoms with van der Waals surface area (Å²) in [7, 11) is 0.942. The molecule has 0 spiro atoms. The highest BCUT2D eigenvalue weighted by Gasteiger charge is 2.18. The van der Waals surface area contributed by atoms with E-state index in [2.05, 4.69) is 5.32 Å². The SMILES string of the molecule is COc1ccccc1OCC(O)CNC1CCS(=O)CC1. The zero-order chi connectivity index (χ0) is 15.1. The first kappa shape index (κ1) is 16.3. The number of hydrogen-bond donors (Lipinski definition) is 2. The molecule has 1 atom stereocenters. The van der Waals surface area contributed by atoms with Crippen LogP contribution in [0.2, 0.25) is 0 Å². The minimum Gasteiger partial charge on any atom is -0.493 e. The van der Waals surface area contributed by atoms with Crippen molar-refractivity contribution in [2.24, 2.45) is 0 Å². The number of para-hydroxylation sites is 2. The van der Waals surface area contributed by atoms with Gasteiger partial charge in [0.2, 0.25) is 0 Å². The van der Waals surface area contributed by atoms with Gasteiger partial charge in [0.25, 0.3) is 0 Å². The van der Waals surface area contributed by atoms with Crippen molar-refractivity contribution in [3.05, 3.63) is 24.3 Å². The number of aliphatic hydroxyl groups excluding tert-OH is 1. The second-order valence-electron chi connectivity index (χ2n) is 5.15. The third-order valence-electron chi connectivity index (χ3n) is 3.53. The summed E-state index contributed by atoms with van der Waals surface area (Å²) in [5, 5.41) is 13.3. The molecule has 118 valence electrons. The Morgan fingerprint density at radius 3 is 2.67 bits per heavy atom. The van der Waals surface area contributed by atoms with Gasteiger partial charge in [-0.2, -0.15) is 0 Å². The van der Waals surface area contributed by atoms with Crippen molar-refractivity contribution in [1.29, 1.82) is 0 Å². The van der Waals surface area contributed by atoms with Crippen LogP contribution in [-0.4, -0.2) is 53.2 Å². The molecule has 1 heterocycles. The standard InChI is InChI=1S/C15H23NO4S/c1-19-14-4-2-3-5-15(14)20-11-13(17)10-16-12-6-8-21(18)9-7-12/h2-5,12-13,16-17H,6-11H2,1H3. The fraction of sp³-hybridized carbons (Fsp3) is 0.600. The maximum absolute atomic E-state index is 11.3. The molecule has 1 fully saturated rings. The summed E-state index contributed by atoms with van der Waals surface area (Å²) in [6, 6.07) is 7.72. The third kappa shape index (κ3) is 5.30. The number of ether oxygens (including phenoxy) is 2. The predicted octanol–water partition coefficient (Wildman–Crippen LogP) is 0.936. The van der Waals surface area contributed by atoms with Crippen molar-refractivity contribution in [2.45, 2.75) is 25.0 Å². The maximum Gasteiger partial charge on any atom is 0.161 e. The molecule has 1 unspecified atom stereocenters. The molecule has 0 saturated carbocycles. The second-order valence-corrected chi connectivity index (χ2v) is 6.84. The van der Waals surface area contributed by atoms with E-state index in [0.717, 1.165) is 24.3 Å². The highest BCUT2D eigenvalue weighted by atomic mass is 32.2. The fourth-order valence-electron chi connectivity index (χ4n) is 2.28. The molecule has 1 aliphatic heterocycles. The van der Waals surface area contributed by atoms with E-state index in [4.69, 9.17) is 9.47 Å². The molecule has 2 rings (SSSR count). The Morgan fingerprint density at radius 2 is 2.00 bits per heavy atom. The molecular weight excluding hydrogens is 290 g/mol. The van der Waals surface area contributed by atoms with Crippen LogP contribution in [-0.2, 0) is 10.8 Å². The van der Waals surface area contributed by atoms with Gasteiger partial charge in [0.1, 0.15) is 12.7 Å². The van der Waals surface area contributed by atoms with Gasteiger partial charge in [0.15, 0.2) is 11.5 Å². The molecule has 0 aliphatic carbocycles. The van der Waals surface area contributed by atoms with E-state index in [-0.39, 0.29) is 6.61 Å². The zero-order valence-corrected chi connectivity index (χ0v) is 13.1. The van der Waals surface area contributed by atoms with Crippen molar-refractivity contribution in [3.8, 4) is 11.5 Å². The summed E-state index contributed by atoms with van der Waals surface area (Å²) in [4.78, 5) is 0. The third-order valence-corrected chi connectivity index (χ3v) is 4.91. The summed E-state index contributed by atoms with van der Waals surface area (Å²) in [6.45, 7) is 0.693. The zero-order valence-electron chi connectivity index (χ0n) is 12.3. The smallest absolute Gasteiger partial charge is 0.161 e. The monoisotopic (exact) mass is 313 g/mol. The highest BCUT2D eigenvalue weighted by molar-refractivity contribution is 7.85. The molecule has 0 bridgehead atoms. The summed E-state index contributed by atoms with van der Waals surface area (Å²) in [5.74, 6) is 2.80. The Kier molecular flexibility index (Phi) is 6.48. The van der Waals surface area contributed by atoms with Gasteiger partial charge in [-0.3, -0.25) is 4.21 Å². The summed E-state index contributed by atoms with van der Waals surface area (Å²) in [5.41, 5.74) is 0. The van der Waals surface area contributed by atoms with Crippen molar-refractivity contribution in [2.75, 3.05) is 31.8 Å². The van der Waals surface area contributed by atoms with Crippen LogP contribution < -0.4 is 14.8 Å². The van der Waals surface area contributed by atoms with Crippen LogP contribution in [0.1, 0.15) is 12.8 Å². The summed E-state index contributed by atoms with van der Waals surface area (Å²) >= 11 is 0. The lowest BCUT2D eigenvalue weighted by Crippen LogP contribution is -2.41. The Labute approximate surface area is 128 Å². The van der Waals surface area contributed by atoms with Crippen LogP contribution in [0.25, 0.3) is 0 Å². The van der Waals surface area contributed by atoms with E-state index in [1.54, 1.807) is 7.11 Å². The normalized spacial score (nSPS) is 23.5. The second kappa shape index (κ2) is 8.36. The average Bonchev–Trinajstić information content (AvgIpc) is 2.52. The van der Waals surface area contributed by atoms with Crippen LogP contribution in [0, 0.1) is 0 Å². The molecular formula is C15H23NO4S. The molecule has 0 aromatic heterocycles. The Bertz CT molecular complexity index is 459. The van der Waals surface area contributed by atoms with Crippen LogP contribution in [0.15, 0.2) is 24.3 Å². The molecule has 1 aromatic rings. The molecule has 5 nitrogen and oxygen atoms in total. The van der Waals surface area contributed by atoms with Crippen LogP contribution in [0.3, 0.4) is 0 Å². The van der Waals surface area contributed by atoms with Gasteiger partial charge in [-0.15, -0.1) is 0 Å². The molecule has 1 aliphatic rings. The first-order valence-corrected chi connectivity index (χ1v) is 8.70. The number of hydrogen-bond acceptors (Lipinski definition) is 5. The molecule has 1 saturated heterocycles. The predicted molar refractivity (Wildman–Crippen MR) is 83.4 cm³/mol. The van der Waals surface area contributed by atoms with E-state index in [9.17, 15) is 9.32 Å². The molecule has 1 aromatic carbocycles. The van der Waals surface area contributed by atoms with Gasteiger partial charge in [0, 0.05) is 34.9 Å². The van der Waals surface area contributed by atoms with Crippen molar-refractivity contribution in [3.63, 3.8) is 0 Å². The minimum absolute atomic E-state index is 0.214. The number of benzene rings is 1. The van der Waals surface area contributed by atoms with E-state index in [1.807, 2.05) is 24.3 Å². The average molecular weight is 313 g/mol. The lowest BCUT2D eigenvalue weighted by molar-refractivity contribution is 0.101. The van der Waals surface area contributed by atoms with Gasteiger partial charge in [-0.25, -0.2) is 0 Å². The molecule has 6 heteroatoms. The fourth-order valence-corrected chi connectivity index (χ4v) is 3.58. The van der Waals surface area contributed by atoms with Crippen molar-refractivity contribution < 1.29 is 18.8 Å². The van der Waals surface area contributed by atoms with E-state index in [0.29, 0.717) is 24.1 Å². The Balaban J connectivity index is 1.70. The van der Waals surface area contributed by atoms with Gasteiger partial charge in [0.05, 0.1) is 7.11 Å². The molecule has 0 amide bonds. The molecule has 21 heavy (non-hydrogen) atoms. The summed E-state index contributed by atoms with van der Waals surface area (Å²) < 4.78 is 22.0. The largest absolute Gasteiger partial charge is 0.493 e. The van der Waals surface area contributed by atoms with Crippen LogP contribution in [0.4, 0.5) is 0 Å². The number of aliphatic hydroxyl groups is 1. The van der Waals surface area contributed by atoms with E-state index in [1.165, 1.54) is 0 Å². The molecule has 2 N–H and O–H groups in total. The molecule has 0 radical (unpaired) electrons. The minimum atomic E-state index is -0.648. The number of methoxy groups -OCH3 is 1. The topological polar surface area (TPSA) is 67.8 Å². The first-order chi connectivity index (χ1) is 10.2. The van der Waals surface area contributed by atoms with Gasteiger partial charge < -0.3 is 19.9 Å². The maximum atomic E-state index is 11.3. The lowest BCUT2D eigenvalue weighted by Gasteiger charge is -2.24. The Morgan fingerprint density at radius 1 is 1.33 bits per heavy atom. The summed E-state index contributed by atoms with van der Waals surface area (Å²) in [6.07, 6.45) is 1.24. The van der Waals surface area contributed by atoms with Crippen molar-refractivity contribution in [1.82, 2.24) is 5.32 Å². The first-order valence-electron chi connectivity index (χ1n) is 7.21. The van der Waals surface area contributed by atoms with Crippen LogP contribution in [0.5, 0.6) is 11.5 Å². The van der Waals surface area contributed by atoms with Gasteiger partial charge in [-0.05, 0) is 25.0 Å². The van der Waals surface area contributed by atoms with E-state index < -0.39 is 16.9 Å². The van der Waals surface area contributed by atoms with Gasteiger partial charge in [-0.1, -0.05) is 12.1 Å². The Hall–Kier alpha value is -1.11. The highest BCUT2D eigenvalue weighted by Crippen LogP contribution is 2.25. The quantitative estimate of drug-likeness (QED) is 0.784. The lowest BCUT2D eigenvalue weighted by atomic mass is 10.1. The number of rotatable bonds is 7. The van der Waals surface area contributed by atoms with Gasteiger partial charge >= 0.3 is 0 Å². The van der Waals surface area contributed by atoms with E-state index >= 15 is 0 Å². The van der Waals surface area contributed by atoms with Crippen LogP contribution >= 0.6 is 0 Å².